The van der Waals surface area contributed by atoms with Crippen molar-refractivity contribution in [3.8, 4) is 5.75 Å². The Labute approximate surface area is 137 Å². The average molecular weight is 322 g/mol. The van der Waals surface area contributed by atoms with Crippen molar-refractivity contribution in [2.75, 3.05) is 33.8 Å². The molecule has 1 unspecified atom stereocenters. The zero-order valence-electron chi connectivity index (χ0n) is 14.5. The highest BCUT2D eigenvalue weighted by atomic mass is 16.5. The van der Waals surface area contributed by atoms with Gasteiger partial charge < -0.3 is 14.7 Å². The number of hydrogen-bond donors (Lipinski definition) is 1. The Bertz CT molecular complexity index is 539. The van der Waals surface area contributed by atoms with E-state index in [1.165, 1.54) is 4.90 Å². The van der Waals surface area contributed by atoms with Gasteiger partial charge in [-0.05, 0) is 51.1 Å². The maximum atomic E-state index is 12.1. The van der Waals surface area contributed by atoms with Gasteiger partial charge in [0.1, 0.15) is 18.4 Å². The van der Waals surface area contributed by atoms with Gasteiger partial charge in [0.15, 0.2) is 0 Å². The summed E-state index contributed by atoms with van der Waals surface area (Å²) >= 11 is 0. The van der Waals surface area contributed by atoms with E-state index < -0.39 is 12.0 Å². The molecule has 0 aliphatic heterocycles. The second-order valence-electron chi connectivity index (χ2n) is 5.92. The Morgan fingerprint density at radius 2 is 1.74 bits per heavy atom. The number of carboxylic acid groups (broad SMARTS) is 1. The third-order valence-electron chi connectivity index (χ3n) is 3.72. The van der Waals surface area contributed by atoms with Crippen molar-refractivity contribution < 1.29 is 19.4 Å². The molecule has 23 heavy (non-hydrogen) atoms. The van der Waals surface area contributed by atoms with E-state index in [1.807, 2.05) is 26.0 Å². The molecule has 6 nitrogen and oxygen atoms in total. The fourth-order valence-corrected chi connectivity index (χ4v) is 2.10. The molecule has 0 radical (unpaired) electrons. The van der Waals surface area contributed by atoms with Crippen LogP contribution < -0.4 is 4.74 Å². The molecule has 1 atom stereocenters. The third kappa shape index (κ3) is 6.28. The minimum Gasteiger partial charge on any atom is -0.492 e. The molecule has 0 spiro atoms. The zero-order valence-corrected chi connectivity index (χ0v) is 14.5. The molecule has 128 valence electrons. The van der Waals surface area contributed by atoms with Crippen molar-refractivity contribution in [2.24, 2.45) is 0 Å². The second kappa shape index (κ2) is 8.53. The summed E-state index contributed by atoms with van der Waals surface area (Å²) in [6, 6.07) is 5.29. The predicted octanol–water partition coefficient (Wildman–Crippen LogP) is 1.55. The third-order valence-corrected chi connectivity index (χ3v) is 3.72. The normalized spacial score (nSPS) is 12.1. The lowest BCUT2D eigenvalue weighted by Gasteiger charge is -2.24. The number of carbonyl (C=O) groups is 2. The van der Waals surface area contributed by atoms with Crippen LogP contribution in [0.1, 0.15) is 18.1 Å². The van der Waals surface area contributed by atoms with Crippen LogP contribution in [0.15, 0.2) is 18.2 Å². The van der Waals surface area contributed by atoms with Crippen molar-refractivity contribution in [3.63, 3.8) is 0 Å². The lowest BCUT2D eigenvalue weighted by Crippen LogP contribution is -2.44. The van der Waals surface area contributed by atoms with E-state index in [0.717, 1.165) is 16.9 Å². The molecule has 1 aromatic carbocycles. The summed E-state index contributed by atoms with van der Waals surface area (Å²) in [6.07, 6.45) is 0. The number of nitrogens with zero attached hydrogens (tertiary/aromatic N) is 2. The summed E-state index contributed by atoms with van der Waals surface area (Å²) in [6.45, 7) is 6.47. The van der Waals surface area contributed by atoms with Crippen LogP contribution in [0.4, 0.5) is 0 Å². The first kappa shape index (κ1) is 19.0. The summed E-state index contributed by atoms with van der Waals surface area (Å²) in [5.41, 5.74) is 2.27. The van der Waals surface area contributed by atoms with Crippen LogP contribution in [0.2, 0.25) is 0 Å². The number of benzene rings is 1. The van der Waals surface area contributed by atoms with Gasteiger partial charge in [0, 0.05) is 7.05 Å². The van der Waals surface area contributed by atoms with Crippen molar-refractivity contribution >= 4 is 11.9 Å². The number of carbonyl (C=O) groups excluding carboxylic acids is 1. The molecule has 1 aromatic rings. The van der Waals surface area contributed by atoms with E-state index in [9.17, 15) is 9.59 Å². The molecular formula is C17H26N2O4. The maximum Gasteiger partial charge on any atom is 0.320 e. The van der Waals surface area contributed by atoms with Crippen molar-refractivity contribution in [3.05, 3.63) is 29.3 Å². The van der Waals surface area contributed by atoms with Crippen LogP contribution in [-0.4, -0.2) is 66.6 Å². The van der Waals surface area contributed by atoms with Crippen molar-refractivity contribution in [1.29, 1.82) is 0 Å². The fourth-order valence-electron chi connectivity index (χ4n) is 2.10. The van der Waals surface area contributed by atoms with E-state index in [-0.39, 0.29) is 12.5 Å². The molecule has 0 heterocycles. The molecule has 0 bridgehead atoms. The first-order chi connectivity index (χ1) is 10.7. The van der Waals surface area contributed by atoms with Crippen LogP contribution in [0, 0.1) is 13.8 Å². The van der Waals surface area contributed by atoms with Gasteiger partial charge in [-0.15, -0.1) is 0 Å². The van der Waals surface area contributed by atoms with Gasteiger partial charge in [-0.3, -0.25) is 14.5 Å². The van der Waals surface area contributed by atoms with Crippen LogP contribution in [-0.2, 0) is 9.59 Å². The first-order valence-electron chi connectivity index (χ1n) is 7.58. The number of likely N-dealkylation sites (N-methyl/N-ethyl adjacent to an activating group) is 2. The van der Waals surface area contributed by atoms with Crippen molar-refractivity contribution in [1.82, 2.24) is 9.80 Å². The molecule has 1 N–H and O–H groups in total. The Hall–Kier alpha value is -2.08. The van der Waals surface area contributed by atoms with Gasteiger partial charge in [0.25, 0.3) is 0 Å². The van der Waals surface area contributed by atoms with Crippen LogP contribution in [0.3, 0.4) is 0 Å². The Morgan fingerprint density at radius 3 is 2.26 bits per heavy atom. The number of rotatable bonds is 8. The summed E-state index contributed by atoms with van der Waals surface area (Å²) < 4.78 is 5.68. The zero-order chi connectivity index (χ0) is 17.6. The van der Waals surface area contributed by atoms with Gasteiger partial charge in [-0.25, -0.2) is 0 Å². The standard InChI is InChI=1S/C17H26N2O4/c1-12-8-13(2)10-15(9-12)23-7-6-18(4)16(20)11-19(5)14(3)17(21)22/h8-10,14H,6-7,11H2,1-5H3,(H,21,22). The number of aryl methyl sites for hydroxylation is 2. The quantitative estimate of drug-likeness (QED) is 0.786. The smallest absolute Gasteiger partial charge is 0.320 e. The largest absolute Gasteiger partial charge is 0.492 e. The minimum absolute atomic E-state index is 0.0630. The number of aliphatic carboxylic acids is 1. The highest BCUT2D eigenvalue weighted by molar-refractivity contribution is 5.79. The maximum absolute atomic E-state index is 12.1. The monoisotopic (exact) mass is 322 g/mol. The van der Waals surface area contributed by atoms with Crippen LogP contribution in [0.25, 0.3) is 0 Å². The summed E-state index contributed by atoms with van der Waals surface area (Å²) in [7, 11) is 3.31. The molecule has 0 saturated carbocycles. The number of ether oxygens (including phenoxy) is 1. The average Bonchev–Trinajstić information content (AvgIpc) is 2.44. The van der Waals surface area contributed by atoms with E-state index in [4.69, 9.17) is 9.84 Å². The molecule has 1 rings (SSSR count). The van der Waals surface area contributed by atoms with Crippen molar-refractivity contribution in [2.45, 2.75) is 26.8 Å². The molecular weight excluding hydrogens is 296 g/mol. The SMILES string of the molecule is Cc1cc(C)cc(OCCN(C)C(=O)CN(C)C(C)C(=O)O)c1. The minimum atomic E-state index is -0.943. The molecule has 0 aliphatic carbocycles. The van der Waals surface area contributed by atoms with Gasteiger partial charge in [-0.1, -0.05) is 6.07 Å². The molecule has 0 saturated heterocycles. The molecule has 0 fully saturated rings. The second-order valence-corrected chi connectivity index (χ2v) is 5.92. The Balaban J connectivity index is 2.42. The van der Waals surface area contributed by atoms with E-state index in [1.54, 1.807) is 25.9 Å². The lowest BCUT2D eigenvalue weighted by atomic mass is 10.1. The first-order valence-corrected chi connectivity index (χ1v) is 7.58. The molecule has 1 amide bonds. The number of carboxylic acids is 1. The van der Waals surface area contributed by atoms with E-state index in [2.05, 4.69) is 6.07 Å². The Kier molecular flexibility index (Phi) is 7.03. The molecule has 0 aromatic heterocycles. The molecule has 0 aliphatic rings. The topological polar surface area (TPSA) is 70.1 Å². The lowest BCUT2D eigenvalue weighted by molar-refractivity contribution is -0.143. The van der Waals surface area contributed by atoms with Crippen LogP contribution >= 0.6 is 0 Å². The molecule has 6 heteroatoms. The number of amides is 1. The summed E-state index contributed by atoms with van der Waals surface area (Å²) in [4.78, 5) is 26.0. The Morgan fingerprint density at radius 1 is 1.17 bits per heavy atom. The van der Waals surface area contributed by atoms with Gasteiger partial charge in [0.05, 0.1) is 13.1 Å². The summed E-state index contributed by atoms with van der Waals surface area (Å²) in [5, 5.41) is 8.93. The van der Waals surface area contributed by atoms with Gasteiger partial charge >= 0.3 is 5.97 Å². The number of hydrogen-bond acceptors (Lipinski definition) is 4. The van der Waals surface area contributed by atoms with Crippen LogP contribution in [0.5, 0.6) is 5.75 Å². The fraction of sp³-hybridized carbons (Fsp3) is 0.529. The summed E-state index contributed by atoms with van der Waals surface area (Å²) in [5.74, 6) is -0.286. The predicted molar refractivity (Wildman–Crippen MR) is 88.8 cm³/mol. The van der Waals surface area contributed by atoms with Gasteiger partial charge in [-0.2, -0.15) is 0 Å². The van der Waals surface area contributed by atoms with E-state index >= 15 is 0 Å². The van der Waals surface area contributed by atoms with E-state index in [0.29, 0.717) is 13.2 Å². The highest BCUT2D eigenvalue weighted by Crippen LogP contribution is 2.16. The highest BCUT2D eigenvalue weighted by Gasteiger charge is 2.20. The van der Waals surface area contributed by atoms with Gasteiger partial charge in [0.2, 0.25) is 5.91 Å².